The second kappa shape index (κ2) is 9.77. The van der Waals surface area contributed by atoms with Crippen molar-refractivity contribution in [2.24, 2.45) is 23.5 Å². The monoisotopic (exact) mass is 268 g/mol. The Bertz CT molecular complexity index is 209. The Morgan fingerprint density at radius 2 is 1.79 bits per heavy atom. The Hall–Kier alpha value is -0.0800. The van der Waals surface area contributed by atoms with Crippen LogP contribution in [0.3, 0.4) is 0 Å². The van der Waals surface area contributed by atoms with Gasteiger partial charge in [-0.25, -0.2) is 0 Å². The van der Waals surface area contributed by atoms with Crippen LogP contribution < -0.4 is 5.73 Å². The Morgan fingerprint density at radius 1 is 1.11 bits per heavy atom. The normalized spacial score (nSPS) is 19.3. The van der Waals surface area contributed by atoms with E-state index in [0.29, 0.717) is 0 Å². The highest BCUT2D eigenvalue weighted by Crippen LogP contribution is 2.24. The number of nitrogens with zero attached hydrogens (tertiary/aromatic N) is 1. The Morgan fingerprint density at radius 3 is 2.37 bits per heavy atom. The second-order valence-corrected chi connectivity index (χ2v) is 6.99. The highest BCUT2D eigenvalue weighted by Gasteiger charge is 2.16. The SMILES string of the molecule is CC(C)C(CCN)CCCN(C)CC1CCCCC1. The first kappa shape index (κ1) is 17.0. The molecule has 0 aliphatic heterocycles. The molecule has 0 radical (unpaired) electrons. The van der Waals surface area contributed by atoms with Crippen LogP contribution in [0.15, 0.2) is 0 Å². The smallest absolute Gasteiger partial charge is 0.000661 e. The Labute approximate surface area is 121 Å². The van der Waals surface area contributed by atoms with Gasteiger partial charge in [-0.2, -0.15) is 0 Å². The van der Waals surface area contributed by atoms with Gasteiger partial charge in [-0.05, 0) is 70.0 Å². The van der Waals surface area contributed by atoms with E-state index in [9.17, 15) is 0 Å². The highest BCUT2D eigenvalue weighted by molar-refractivity contribution is 4.70. The molecule has 1 fully saturated rings. The summed E-state index contributed by atoms with van der Waals surface area (Å²) < 4.78 is 0. The van der Waals surface area contributed by atoms with Gasteiger partial charge in [0.05, 0.1) is 0 Å². The predicted molar refractivity (Wildman–Crippen MR) is 85.3 cm³/mol. The van der Waals surface area contributed by atoms with Crippen LogP contribution in [0.2, 0.25) is 0 Å². The molecule has 1 aliphatic rings. The molecule has 0 amide bonds. The summed E-state index contributed by atoms with van der Waals surface area (Å²) in [4.78, 5) is 2.57. The van der Waals surface area contributed by atoms with Crippen LogP contribution in [-0.2, 0) is 0 Å². The van der Waals surface area contributed by atoms with Gasteiger partial charge < -0.3 is 10.6 Å². The third-order valence-electron chi connectivity index (χ3n) is 4.89. The zero-order chi connectivity index (χ0) is 14.1. The van der Waals surface area contributed by atoms with E-state index in [1.54, 1.807) is 0 Å². The van der Waals surface area contributed by atoms with Crippen molar-refractivity contribution in [2.75, 3.05) is 26.7 Å². The summed E-state index contributed by atoms with van der Waals surface area (Å²) in [6.07, 6.45) is 11.2. The third-order valence-corrected chi connectivity index (χ3v) is 4.89. The first-order valence-electron chi connectivity index (χ1n) is 8.52. The van der Waals surface area contributed by atoms with Gasteiger partial charge in [0.15, 0.2) is 0 Å². The molecular formula is C17H36N2. The van der Waals surface area contributed by atoms with Crippen LogP contribution in [0.25, 0.3) is 0 Å². The van der Waals surface area contributed by atoms with Crippen LogP contribution in [0.4, 0.5) is 0 Å². The largest absolute Gasteiger partial charge is 0.330 e. The molecule has 1 saturated carbocycles. The van der Waals surface area contributed by atoms with Crippen molar-refractivity contribution in [1.29, 1.82) is 0 Å². The molecule has 0 aromatic rings. The second-order valence-electron chi connectivity index (χ2n) is 6.99. The molecule has 1 unspecified atom stereocenters. The van der Waals surface area contributed by atoms with Crippen LogP contribution in [-0.4, -0.2) is 31.6 Å². The zero-order valence-corrected chi connectivity index (χ0v) is 13.5. The van der Waals surface area contributed by atoms with E-state index in [1.165, 1.54) is 64.5 Å². The van der Waals surface area contributed by atoms with E-state index < -0.39 is 0 Å². The fraction of sp³-hybridized carbons (Fsp3) is 1.00. The summed E-state index contributed by atoms with van der Waals surface area (Å²) in [5.74, 6) is 2.59. The van der Waals surface area contributed by atoms with Crippen LogP contribution >= 0.6 is 0 Å². The molecule has 2 N–H and O–H groups in total. The molecule has 2 heteroatoms. The number of hydrogen-bond donors (Lipinski definition) is 1. The molecular weight excluding hydrogens is 232 g/mol. The van der Waals surface area contributed by atoms with E-state index in [1.807, 2.05) is 0 Å². The minimum atomic E-state index is 0.784. The number of nitrogens with two attached hydrogens (primary N) is 1. The fourth-order valence-electron chi connectivity index (χ4n) is 3.55. The lowest BCUT2D eigenvalue weighted by Crippen LogP contribution is -2.28. The highest BCUT2D eigenvalue weighted by atomic mass is 15.1. The lowest BCUT2D eigenvalue weighted by molar-refractivity contribution is 0.221. The van der Waals surface area contributed by atoms with E-state index in [-0.39, 0.29) is 0 Å². The van der Waals surface area contributed by atoms with Gasteiger partial charge >= 0.3 is 0 Å². The average molecular weight is 268 g/mol. The van der Waals surface area contributed by atoms with Crippen LogP contribution in [0.5, 0.6) is 0 Å². The summed E-state index contributed by atoms with van der Waals surface area (Å²) in [5, 5.41) is 0. The minimum Gasteiger partial charge on any atom is -0.330 e. The first-order chi connectivity index (χ1) is 9.13. The lowest BCUT2D eigenvalue weighted by Gasteiger charge is -2.27. The van der Waals surface area contributed by atoms with E-state index in [0.717, 1.165) is 24.3 Å². The molecule has 2 nitrogen and oxygen atoms in total. The van der Waals surface area contributed by atoms with Gasteiger partial charge in [-0.15, -0.1) is 0 Å². The van der Waals surface area contributed by atoms with Gasteiger partial charge in [0.2, 0.25) is 0 Å². The van der Waals surface area contributed by atoms with E-state index >= 15 is 0 Å². The first-order valence-corrected chi connectivity index (χ1v) is 8.52. The summed E-state index contributed by atoms with van der Waals surface area (Å²) in [5.41, 5.74) is 5.71. The van der Waals surface area contributed by atoms with Gasteiger partial charge in [-0.3, -0.25) is 0 Å². The van der Waals surface area contributed by atoms with Crippen LogP contribution in [0, 0.1) is 17.8 Å². The predicted octanol–water partition coefficient (Wildman–Crippen LogP) is 3.90. The molecule has 1 rings (SSSR count). The van der Waals surface area contributed by atoms with E-state index in [2.05, 4.69) is 25.8 Å². The quantitative estimate of drug-likeness (QED) is 0.687. The van der Waals surface area contributed by atoms with Crippen molar-refractivity contribution in [1.82, 2.24) is 4.90 Å². The standard InChI is InChI=1S/C17H36N2/c1-15(2)17(11-12-18)10-7-13-19(3)14-16-8-5-4-6-9-16/h15-17H,4-14,18H2,1-3H3. The molecule has 1 aliphatic carbocycles. The van der Waals surface area contributed by atoms with Gasteiger partial charge in [0.25, 0.3) is 0 Å². The summed E-state index contributed by atoms with van der Waals surface area (Å²) in [7, 11) is 2.31. The van der Waals surface area contributed by atoms with Crippen molar-refractivity contribution in [3.63, 3.8) is 0 Å². The maximum absolute atomic E-state index is 5.71. The molecule has 0 spiro atoms. The Kier molecular flexibility index (Phi) is 8.72. The van der Waals surface area contributed by atoms with Crippen molar-refractivity contribution in [3.8, 4) is 0 Å². The fourth-order valence-corrected chi connectivity index (χ4v) is 3.55. The number of rotatable bonds is 9. The summed E-state index contributed by atoms with van der Waals surface area (Å²) in [6.45, 7) is 8.12. The molecule has 0 heterocycles. The topological polar surface area (TPSA) is 29.3 Å². The lowest BCUT2D eigenvalue weighted by atomic mass is 9.87. The van der Waals surface area contributed by atoms with Gasteiger partial charge in [0.1, 0.15) is 0 Å². The number of hydrogen-bond acceptors (Lipinski definition) is 2. The van der Waals surface area contributed by atoms with Crippen molar-refractivity contribution < 1.29 is 0 Å². The Balaban J connectivity index is 2.12. The molecule has 19 heavy (non-hydrogen) atoms. The molecule has 0 aromatic carbocycles. The van der Waals surface area contributed by atoms with Crippen molar-refractivity contribution in [2.45, 2.75) is 65.2 Å². The van der Waals surface area contributed by atoms with Crippen molar-refractivity contribution in [3.05, 3.63) is 0 Å². The molecule has 0 bridgehead atoms. The molecule has 0 aromatic heterocycles. The summed E-state index contributed by atoms with van der Waals surface area (Å²) in [6, 6.07) is 0. The van der Waals surface area contributed by atoms with Crippen LogP contribution in [0.1, 0.15) is 65.2 Å². The summed E-state index contributed by atoms with van der Waals surface area (Å²) >= 11 is 0. The average Bonchev–Trinajstić information content (AvgIpc) is 2.38. The van der Waals surface area contributed by atoms with Crippen molar-refractivity contribution >= 4 is 0 Å². The maximum Gasteiger partial charge on any atom is 0.000661 e. The zero-order valence-electron chi connectivity index (χ0n) is 13.5. The van der Waals surface area contributed by atoms with E-state index in [4.69, 9.17) is 5.73 Å². The van der Waals surface area contributed by atoms with Gasteiger partial charge in [0, 0.05) is 6.54 Å². The molecule has 0 saturated heterocycles. The minimum absolute atomic E-state index is 0.784. The van der Waals surface area contributed by atoms with Gasteiger partial charge in [-0.1, -0.05) is 33.1 Å². The molecule has 114 valence electrons. The molecule has 1 atom stereocenters. The third kappa shape index (κ3) is 7.31. The maximum atomic E-state index is 5.71.